The smallest absolute Gasteiger partial charge is 0.136 e. The Hall–Kier alpha value is -13.2. The molecule has 0 saturated heterocycles. The molecule has 0 atom stereocenters. The van der Waals surface area contributed by atoms with Gasteiger partial charge >= 0.3 is 0 Å². The highest BCUT2D eigenvalue weighted by atomic mass is 16.3. The van der Waals surface area contributed by atoms with Crippen molar-refractivity contribution in [3.63, 3.8) is 0 Å². The molecule has 0 N–H and O–H groups in total. The molecule has 0 fully saturated rings. The summed E-state index contributed by atoms with van der Waals surface area (Å²) in [5.41, 5.74) is 39.5. The second-order valence-electron chi connectivity index (χ2n) is 30.0. The highest BCUT2D eigenvalue weighted by molar-refractivity contribution is 6.27. The van der Waals surface area contributed by atoms with Crippen LogP contribution in [0.1, 0.15) is 25.0 Å². The van der Waals surface area contributed by atoms with Crippen molar-refractivity contribution < 1.29 is 4.42 Å². The molecule has 0 amide bonds. The Labute approximate surface area is 600 Å². The molecule has 0 bridgehead atoms. The fraction of sp³-hybridized carbons (Fsp3) is 0.0291. The van der Waals surface area contributed by atoms with Crippen molar-refractivity contribution >= 4 is 86.6 Å². The van der Waals surface area contributed by atoms with Crippen LogP contribution < -0.4 is 0 Å². The first-order chi connectivity index (χ1) is 51.3. The summed E-state index contributed by atoms with van der Waals surface area (Å²) in [6, 6.07) is 125. The first kappa shape index (κ1) is 56.5. The maximum absolute atomic E-state index is 6.91. The summed E-state index contributed by atoms with van der Waals surface area (Å²) in [4.78, 5) is 0. The van der Waals surface area contributed by atoms with Gasteiger partial charge in [-0.15, -0.1) is 0 Å². The third-order valence-electron chi connectivity index (χ3n) is 24.4. The number of benzene rings is 19. The molecule has 0 unspecified atom stereocenters. The molecule has 24 rings (SSSR count). The van der Waals surface area contributed by atoms with E-state index >= 15 is 0 Å². The van der Waals surface area contributed by atoms with Crippen LogP contribution in [0.4, 0.5) is 0 Å². The van der Waals surface area contributed by atoms with E-state index in [2.05, 4.69) is 341 Å². The minimum atomic E-state index is -0.126. The summed E-state index contributed by atoms with van der Waals surface area (Å²) < 4.78 is 6.91. The van der Waals surface area contributed by atoms with Crippen molar-refractivity contribution in [3.8, 4) is 156 Å². The molecule has 1 heterocycles. The molecule has 1 nitrogen and oxygen atoms in total. The summed E-state index contributed by atoms with van der Waals surface area (Å²) in [6.07, 6.45) is 0. The zero-order chi connectivity index (χ0) is 67.9. The lowest BCUT2D eigenvalue weighted by molar-refractivity contribution is 0.660. The van der Waals surface area contributed by atoms with Crippen LogP contribution in [0.2, 0.25) is 0 Å². The minimum absolute atomic E-state index is 0.126. The van der Waals surface area contributed by atoms with E-state index in [1.165, 1.54) is 209 Å². The second kappa shape index (κ2) is 20.5. The van der Waals surface area contributed by atoms with Gasteiger partial charge in [-0.05, 0) is 310 Å². The van der Waals surface area contributed by atoms with E-state index in [1.54, 1.807) is 0 Å². The van der Waals surface area contributed by atoms with Gasteiger partial charge in [-0.2, -0.15) is 0 Å². The van der Waals surface area contributed by atoms with Gasteiger partial charge in [0.1, 0.15) is 11.2 Å². The van der Waals surface area contributed by atoms with Crippen molar-refractivity contribution in [2.24, 2.45) is 0 Å². The average molecular weight is 1310 g/mol. The van der Waals surface area contributed by atoms with Gasteiger partial charge in [0.2, 0.25) is 0 Å². The normalized spacial score (nSPS) is 13.2. The Kier molecular flexibility index (Phi) is 11.2. The quantitative estimate of drug-likeness (QED) is 0.145. The number of hydrogen-bond donors (Lipinski definition) is 0. The predicted molar refractivity (Wildman–Crippen MR) is 439 cm³/mol. The van der Waals surface area contributed by atoms with Crippen LogP contribution in [0.15, 0.2) is 332 Å². The maximum Gasteiger partial charge on any atom is 0.136 e. The van der Waals surface area contributed by atoms with Crippen LogP contribution in [0, 0.1) is 0 Å². The van der Waals surface area contributed by atoms with Crippen LogP contribution in [-0.4, -0.2) is 0 Å². The predicted octanol–water partition coefficient (Wildman–Crippen LogP) is 28.9. The molecule has 1 aromatic heterocycles. The number of fused-ring (bicyclic) bond motifs is 15. The van der Waals surface area contributed by atoms with Gasteiger partial charge in [0.05, 0.1) is 0 Å². The molecule has 4 aliphatic carbocycles. The summed E-state index contributed by atoms with van der Waals surface area (Å²) in [5.74, 6) is 0. The second-order valence-corrected chi connectivity index (χ2v) is 30.0. The van der Waals surface area contributed by atoms with E-state index in [1.807, 2.05) is 0 Å². The van der Waals surface area contributed by atoms with Crippen LogP contribution in [-0.2, 0) is 5.41 Å². The standard InChI is InChI=1S/C103H60O/c1-103(2)94-27-10-9-20-80(94)81-36-31-59(55-95(81)103)65-50-66(52-69(51-65)73-41-44-92-79-19-8-5-16-76(79)88-26-13-23-85(73)102(88)92)70-35-30-57-28-29-61-46-63(47-62-33-38-89(70)99(57)98(61)62)60-32-37-82-93-54-58(34-45-96(93)104-97(82)56-60)64-48-67(71-39-42-90-77-17-6-3-14-74(77)86-24-11-21-83(71)100(86)90)53-68(49-64)72-40-43-91-78-18-7-4-15-75(78)87-25-12-22-84(72)101(87)91/h3-56H,1-2H3. The Morgan fingerprint density at radius 1 is 0.173 bits per heavy atom. The van der Waals surface area contributed by atoms with Gasteiger partial charge in [-0.3, -0.25) is 0 Å². The minimum Gasteiger partial charge on any atom is -0.456 e. The molecule has 19 aromatic carbocycles. The lowest BCUT2D eigenvalue weighted by Gasteiger charge is -2.22. The average Bonchev–Trinajstić information content (AvgIpc) is 1.18. The summed E-state index contributed by atoms with van der Waals surface area (Å²) >= 11 is 0. The van der Waals surface area contributed by atoms with Gasteiger partial charge in [-0.25, -0.2) is 0 Å². The van der Waals surface area contributed by atoms with Crippen molar-refractivity contribution in [1.82, 2.24) is 0 Å². The molecule has 0 spiro atoms. The van der Waals surface area contributed by atoms with Gasteiger partial charge in [0.15, 0.2) is 0 Å². The van der Waals surface area contributed by atoms with E-state index in [0.29, 0.717) is 0 Å². The van der Waals surface area contributed by atoms with Crippen molar-refractivity contribution in [3.05, 3.63) is 339 Å². The molecular formula is C103H60O. The van der Waals surface area contributed by atoms with Gasteiger partial charge in [-0.1, -0.05) is 263 Å². The van der Waals surface area contributed by atoms with E-state index in [0.717, 1.165) is 44.2 Å². The Morgan fingerprint density at radius 3 is 1.05 bits per heavy atom. The number of hydrogen-bond acceptors (Lipinski definition) is 1. The van der Waals surface area contributed by atoms with Gasteiger partial charge < -0.3 is 4.42 Å². The van der Waals surface area contributed by atoms with Crippen LogP contribution >= 0.6 is 0 Å². The Morgan fingerprint density at radius 2 is 0.519 bits per heavy atom. The maximum atomic E-state index is 6.91. The zero-order valence-corrected chi connectivity index (χ0v) is 57.1. The number of furan rings is 1. The zero-order valence-electron chi connectivity index (χ0n) is 57.1. The largest absolute Gasteiger partial charge is 0.456 e. The molecule has 104 heavy (non-hydrogen) atoms. The molecule has 4 aliphatic rings. The van der Waals surface area contributed by atoms with Crippen LogP contribution in [0.5, 0.6) is 0 Å². The van der Waals surface area contributed by atoms with Crippen LogP contribution in [0.25, 0.3) is 242 Å². The molecule has 0 radical (unpaired) electrons. The highest BCUT2D eigenvalue weighted by Gasteiger charge is 2.36. The Bertz CT molecular complexity index is 7050. The summed E-state index contributed by atoms with van der Waals surface area (Å²) in [6.45, 7) is 4.77. The summed E-state index contributed by atoms with van der Waals surface area (Å²) in [7, 11) is 0. The lowest BCUT2D eigenvalue weighted by Crippen LogP contribution is -2.14. The van der Waals surface area contributed by atoms with Crippen molar-refractivity contribution in [2.45, 2.75) is 19.3 Å². The third kappa shape index (κ3) is 7.72. The van der Waals surface area contributed by atoms with Crippen molar-refractivity contribution in [1.29, 1.82) is 0 Å². The lowest BCUT2D eigenvalue weighted by atomic mass is 9.81. The summed E-state index contributed by atoms with van der Waals surface area (Å²) in [5, 5.41) is 17.5. The van der Waals surface area contributed by atoms with E-state index in [9.17, 15) is 0 Å². The van der Waals surface area contributed by atoms with Crippen molar-refractivity contribution in [2.75, 3.05) is 0 Å². The van der Waals surface area contributed by atoms with Gasteiger partial charge in [0.25, 0.3) is 0 Å². The van der Waals surface area contributed by atoms with E-state index in [-0.39, 0.29) is 5.41 Å². The fourth-order valence-corrected chi connectivity index (χ4v) is 19.6. The molecule has 0 aliphatic heterocycles. The third-order valence-corrected chi connectivity index (χ3v) is 24.4. The molecule has 20 aromatic rings. The molecular weight excluding hydrogens is 1250 g/mol. The Balaban J connectivity index is 0.623. The molecule has 478 valence electrons. The first-order valence-electron chi connectivity index (χ1n) is 36.5. The monoisotopic (exact) mass is 1310 g/mol. The fourth-order valence-electron chi connectivity index (χ4n) is 19.6. The molecule has 0 saturated carbocycles. The van der Waals surface area contributed by atoms with E-state index < -0.39 is 0 Å². The molecule has 1 heteroatoms. The van der Waals surface area contributed by atoms with E-state index in [4.69, 9.17) is 4.42 Å². The number of rotatable bonds is 7. The van der Waals surface area contributed by atoms with Crippen LogP contribution in [0.3, 0.4) is 0 Å². The van der Waals surface area contributed by atoms with Gasteiger partial charge in [0, 0.05) is 16.2 Å². The first-order valence-corrected chi connectivity index (χ1v) is 36.5. The highest BCUT2D eigenvalue weighted by Crippen LogP contribution is 2.56. The SMILES string of the molecule is CC1(C)c2ccccc2-c2ccc(-c3cc(-c4ccc5c6c(cccc46)-c4ccccc4-5)cc(-c4ccc5ccc6cc(-c7ccc8c(c7)oc7ccc(-c9cc(-c%10ccc%11c%12c(cccc%10%12)-c%10ccccc%10-%11)cc(-c%10ccc%11c%12c(cccc%10%12)-c%10ccccc%10-%11)c9)cc78)cc7ccc4c5c67)c3)cc21. The topological polar surface area (TPSA) is 13.1 Å².